The first kappa shape index (κ1) is 19.7. The molecule has 0 saturated carbocycles. The highest BCUT2D eigenvalue weighted by molar-refractivity contribution is 6.33. The van der Waals surface area contributed by atoms with Gasteiger partial charge in [-0.1, -0.05) is 48.9 Å². The Hall–Kier alpha value is -3.02. The van der Waals surface area contributed by atoms with Crippen LogP contribution in [0.3, 0.4) is 0 Å². The number of carbonyl (C=O) groups is 1. The zero-order valence-corrected chi connectivity index (χ0v) is 16.1. The number of benzene rings is 3. The van der Waals surface area contributed by atoms with E-state index in [-0.39, 0.29) is 11.7 Å². The minimum Gasteiger partial charge on any atom is -0.507 e. The molecule has 28 heavy (non-hydrogen) atoms. The number of hydrogen-bond donors (Lipinski definition) is 3. The second kappa shape index (κ2) is 8.78. The Morgan fingerprint density at radius 2 is 1.79 bits per heavy atom. The van der Waals surface area contributed by atoms with Crippen LogP contribution in [0.15, 0.2) is 66.7 Å². The maximum atomic E-state index is 11.5. The Morgan fingerprint density at radius 1 is 1.11 bits per heavy atom. The van der Waals surface area contributed by atoms with Gasteiger partial charge in [-0.2, -0.15) is 0 Å². The first-order chi connectivity index (χ1) is 13.5. The molecule has 1 amide bonds. The van der Waals surface area contributed by atoms with E-state index in [0.717, 1.165) is 11.1 Å². The molecular weight excluding hydrogens is 376 g/mol. The molecule has 0 aliphatic heterocycles. The smallest absolute Gasteiger partial charge is 0.221 e. The number of hydrogen-bond acceptors (Lipinski definition) is 4. The third kappa shape index (κ3) is 4.63. The highest BCUT2D eigenvalue weighted by atomic mass is 35.5. The lowest BCUT2D eigenvalue weighted by Crippen LogP contribution is -2.33. The maximum Gasteiger partial charge on any atom is 0.221 e. The third-order valence-corrected chi connectivity index (χ3v) is 4.55. The van der Waals surface area contributed by atoms with E-state index in [1.165, 1.54) is 6.07 Å². The highest BCUT2D eigenvalue weighted by Crippen LogP contribution is 2.34. The zero-order chi connectivity index (χ0) is 20.1. The van der Waals surface area contributed by atoms with Gasteiger partial charge in [0.2, 0.25) is 5.91 Å². The Bertz CT molecular complexity index is 977. The number of phenols is 1. The van der Waals surface area contributed by atoms with Crippen molar-refractivity contribution >= 4 is 17.5 Å². The van der Waals surface area contributed by atoms with Crippen molar-refractivity contribution in [1.82, 2.24) is 5.32 Å². The Labute approximate surface area is 168 Å². The average molecular weight is 397 g/mol. The van der Waals surface area contributed by atoms with Gasteiger partial charge in [0, 0.05) is 29.7 Å². The fourth-order valence-electron chi connectivity index (χ4n) is 2.75. The predicted octanol–water partition coefficient (Wildman–Crippen LogP) is 4.99. The number of rotatable bonds is 6. The van der Waals surface area contributed by atoms with Crippen molar-refractivity contribution in [3.63, 3.8) is 0 Å². The van der Waals surface area contributed by atoms with Crippen molar-refractivity contribution in [2.75, 3.05) is 0 Å². The summed E-state index contributed by atoms with van der Waals surface area (Å²) in [4.78, 5) is 11.5. The fourth-order valence-corrected chi connectivity index (χ4v) is 3.03. The molecule has 3 rings (SSSR count). The van der Waals surface area contributed by atoms with Crippen LogP contribution in [0.25, 0.3) is 11.1 Å². The predicted molar refractivity (Wildman–Crippen MR) is 110 cm³/mol. The normalized spacial score (nSPS) is 11.7. The summed E-state index contributed by atoms with van der Waals surface area (Å²) < 4.78 is 5.80. The number of nitrogens with one attached hydrogen (secondary N) is 1. The molecule has 3 aromatic carbocycles. The van der Waals surface area contributed by atoms with E-state index >= 15 is 0 Å². The average Bonchev–Trinajstić information content (AvgIpc) is 2.68. The van der Waals surface area contributed by atoms with E-state index in [1.54, 1.807) is 25.1 Å². The van der Waals surface area contributed by atoms with Crippen molar-refractivity contribution in [1.29, 1.82) is 0 Å². The number of halogens is 1. The van der Waals surface area contributed by atoms with Crippen LogP contribution in [0.1, 0.15) is 25.1 Å². The van der Waals surface area contributed by atoms with E-state index < -0.39 is 6.17 Å². The van der Waals surface area contributed by atoms with E-state index in [4.69, 9.17) is 22.1 Å². The second-order valence-corrected chi connectivity index (χ2v) is 6.64. The van der Waals surface area contributed by atoms with Gasteiger partial charge in [-0.3, -0.25) is 4.79 Å². The molecule has 3 aromatic rings. The van der Waals surface area contributed by atoms with E-state index in [9.17, 15) is 9.90 Å². The fraction of sp³-hybridized carbons (Fsp3) is 0.136. The molecule has 0 aromatic heterocycles. The van der Waals surface area contributed by atoms with Crippen LogP contribution in [-0.2, 0) is 4.79 Å². The summed E-state index contributed by atoms with van der Waals surface area (Å²) in [6, 6.07) is 20.0. The Balaban J connectivity index is 1.76. The number of phenolic OH excluding ortho intramolecular Hbond substituents is 1. The Kier molecular flexibility index (Phi) is 6.19. The van der Waals surface area contributed by atoms with Gasteiger partial charge in [-0.25, -0.2) is 0 Å². The SMILES string of the molecule is CCC(=O)N[C@H](N)c1ccc(Oc2ccc(-c3ccccc3)c(Cl)c2)cc1O. The molecule has 0 aliphatic rings. The van der Waals surface area contributed by atoms with E-state index in [2.05, 4.69) is 5.32 Å². The lowest BCUT2D eigenvalue weighted by atomic mass is 10.1. The zero-order valence-electron chi connectivity index (χ0n) is 15.4. The van der Waals surface area contributed by atoms with Crippen molar-refractivity contribution in [3.05, 3.63) is 77.3 Å². The summed E-state index contributed by atoms with van der Waals surface area (Å²) in [7, 11) is 0. The van der Waals surface area contributed by atoms with Gasteiger partial charge in [-0.15, -0.1) is 0 Å². The summed E-state index contributed by atoms with van der Waals surface area (Å²) in [5.41, 5.74) is 8.25. The topological polar surface area (TPSA) is 84.6 Å². The van der Waals surface area contributed by atoms with Gasteiger partial charge in [-0.05, 0) is 29.8 Å². The number of aromatic hydroxyl groups is 1. The molecule has 0 aliphatic carbocycles. The van der Waals surface area contributed by atoms with Gasteiger partial charge in [0.15, 0.2) is 0 Å². The summed E-state index contributed by atoms with van der Waals surface area (Å²) in [5, 5.41) is 13.4. The van der Waals surface area contributed by atoms with Gasteiger partial charge in [0.25, 0.3) is 0 Å². The Morgan fingerprint density at radius 3 is 2.43 bits per heavy atom. The van der Waals surface area contributed by atoms with Crippen LogP contribution in [-0.4, -0.2) is 11.0 Å². The van der Waals surface area contributed by atoms with Gasteiger partial charge >= 0.3 is 0 Å². The number of nitrogens with two attached hydrogens (primary N) is 1. The molecule has 0 fully saturated rings. The molecule has 0 radical (unpaired) electrons. The van der Waals surface area contributed by atoms with E-state index in [1.807, 2.05) is 42.5 Å². The van der Waals surface area contributed by atoms with Crippen LogP contribution in [0.4, 0.5) is 0 Å². The van der Waals surface area contributed by atoms with Crippen LogP contribution >= 0.6 is 11.6 Å². The second-order valence-electron chi connectivity index (χ2n) is 6.23. The summed E-state index contributed by atoms with van der Waals surface area (Å²) in [5.74, 6) is 0.716. The monoisotopic (exact) mass is 396 g/mol. The molecule has 0 heterocycles. The molecule has 1 atom stereocenters. The van der Waals surface area contributed by atoms with E-state index in [0.29, 0.717) is 28.5 Å². The molecule has 0 bridgehead atoms. The first-order valence-electron chi connectivity index (χ1n) is 8.88. The molecule has 4 N–H and O–H groups in total. The van der Waals surface area contributed by atoms with Crippen LogP contribution in [0.2, 0.25) is 5.02 Å². The van der Waals surface area contributed by atoms with Gasteiger partial charge in [0.05, 0.1) is 5.02 Å². The number of carbonyl (C=O) groups excluding carboxylic acids is 1. The molecule has 6 heteroatoms. The van der Waals surface area contributed by atoms with Crippen molar-refractivity contribution in [2.45, 2.75) is 19.5 Å². The molecular formula is C22H21ClN2O3. The van der Waals surface area contributed by atoms with Crippen LogP contribution in [0, 0.1) is 0 Å². The molecule has 5 nitrogen and oxygen atoms in total. The van der Waals surface area contributed by atoms with Gasteiger partial charge < -0.3 is 20.9 Å². The first-order valence-corrected chi connectivity index (χ1v) is 9.26. The number of amides is 1. The summed E-state index contributed by atoms with van der Waals surface area (Å²) in [6.07, 6.45) is -0.476. The maximum absolute atomic E-state index is 11.5. The number of ether oxygens (including phenoxy) is 1. The quantitative estimate of drug-likeness (QED) is 0.512. The molecule has 0 unspecified atom stereocenters. The summed E-state index contributed by atoms with van der Waals surface area (Å²) >= 11 is 6.40. The minimum atomic E-state index is -0.791. The van der Waals surface area contributed by atoms with Crippen molar-refractivity contribution < 1.29 is 14.6 Å². The largest absolute Gasteiger partial charge is 0.507 e. The highest BCUT2D eigenvalue weighted by Gasteiger charge is 2.14. The third-order valence-electron chi connectivity index (χ3n) is 4.24. The summed E-state index contributed by atoms with van der Waals surface area (Å²) in [6.45, 7) is 1.73. The standard InChI is InChI=1S/C22H21ClN2O3/c1-2-21(27)25-22(24)18-11-9-16(13-20(18)26)28-15-8-10-17(19(23)12-15)14-6-4-3-5-7-14/h3-13,22,26H,2,24H2,1H3,(H,25,27)/t22-/m0/s1. The lowest BCUT2D eigenvalue weighted by Gasteiger charge is -2.16. The molecule has 0 spiro atoms. The van der Waals surface area contributed by atoms with Crippen molar-refractivity contribution in [3.8, 4) is 28.4 Å². The van der Waals surface area contributed by atoms with Gasteiger partial charge in [0.1, 0.15) is 23.4 Å². The minimum absolute atomic E-state index is 0.0617. The molecule has 0 saturated heterocycles. The van der Waals surface area contributed by atoms with Crippen molar-refractivity contribution in [2.24, 2.45) is 5.73 Å². The lowest BCUT2D eigenvalue weighted by molar-refractivity contribution is -0.121. The van der Waals surface area contributed by atoms with Crippen LogP contribution < -0.4 is 15.8 Å². The molecule has 144 valence electrons. The van der Waals surface area contributed by atoms with Crippen LogP contribution in [0.5, 0.6) is 17.2 Å².